The average molecular weight is 345 g/mol. The molecule has 0 spiro atoms. The molecule has 1 amide bonds. The fourth-order valence-electron chi connectivity index (χ4n) is 2.06. The zero-order valence-electron chi connectivity index (χ0n) is 12.8. The number of hydrazine groups is 1. The number of methoxy groups -OCH3 is 1. The third kappa shape index (κ3) is 3.66. The van der Waals surface area contributed by atoms with Crippen LogP contribution in [0.3, 0.4) is 0 Å². The third-order valence-electron chi connectivity index (χ3n) is 3.27. The van der Waals surface area contributed by atoms with Crippen LogP contribution >= 0.6 is 12.2 Å². The lowest BCUT2D eigenvalue weighted by atomic mass is 10.2. The number of hydrogen-bond donors (Lipinski definition) is 3. The van der Waals surface area contributed by atoms with Crippen molar-refractivity contribution in [3.8, 4) is 17.2 Å². The number of rotatable bonds is 3. The van der Waals surface area contributed by atoms with Crippen LogP contribution in [0.2, 0.25) is 0 Å². The molecule has 2 aromatic carbocycles. The molecule has 0 atom stereocenters. The largest absolute Gasteiger partial charge is 0.497 e. The molecule has 1 aliphatic heterocycles. The minimum atomic E-state index is -0.341. The van der Waals surface area contributed by atoms with Crippen LogP contribution in [0.5, 0.6) is 17.2 Å². The number of benzene rings is 2. The molecule has 0 radical (unpaired) electrons. The number of ether oxygens (including phenoxy) is 3. The number of amides is 1. The highest BCUT2D eigenvalue weighted by Gasteiger charge is 2.16. The van der Waals surface area contributed by atoms with E-state index in [4.69, 9.17) is 26.4 Å². The number of hydrogen-bond acceptors (Lipinski definition) is 5. The van der Waals surface area contributed by atoms with E-state index in [0.717, 1.165) is 11.4 Å². The van der Waals surface area contributed by atoms with Gasteiger partial charge in [-0.2, -0.15) is 0 Å². The van der Waals surface area contributed by atoms with Gasteiger partial charge in [-0.15, -0.1) is 0 Å². The van der Waals surface area contributed by atoms with Crippen LogP contribution < -0.4 is 30.4 Å². The zero-order valence-corrected chi connectivity index (χ0v) is 13.6. The van der Waals surface area contributed by atoms with Gasteiger partial charge in [0.25, 0.3) is 5.91 Å². The summed E-state index contributed by atoms with van der Waals surface area (Å²) in [4.78, 5) is 12.1. The van der Waals surface area contributed by atoms with Gasteiger partial charge in [-0.05, 0) is 54.7 Å². The summed E-state index contributed by atoms with van der Waals surface area (Å²) in [6, 6.07) is 12.2. The normalized spacial score (nSPS) is 11.5. The summed E-state index contributed by atoms with van der Waals surface area (Å²) in [6.45, 7) is 0.161. The Hall–Kier alpha value is -3.00. The van der Waals surface area contributed by atoms with Crippen molar-refractivity contribution in [3.63, 3.8) is 0 Å². The predicted octanol–water partition coefficient (Wildman–Crippen LogP) is 2.06. The summed E-state index contributed by atoms with van der Waals surface area (Å²) in [6.07, 6.45) is 0. The summed E-state index contributed by atoms with van der Waals surface area (Å²) in [7, 11) is 1.60. The Labute approximate surface area is 143 Å². The lowest BCUT2D eigenvalue weighted by molar-refractivity contribution is 0.0943. The SMILES string of the molecule is COc1ccc(NC(=S)NNC(=O)c2ccc3c(c2)OCO3)cc1. The van der Waals surface area contributed by atoms with Crippen LogP contribution in [0.4, 0.5) is 5.69 Å². The molecule has 0 unspecified atom stereocenters. The molecule has 1 aliphatic rings. The van der Waals surface area contributed by atoms with Gasteiger partial charge in [-0.3, -0.25) is 15.6 Å². The molecule has 0 bridgehead atoms. The first-order chi connectivity index (χ1) is 11.7. The third-order valence-corrected chi connectivity index (χ3v) is 3.48. The summed E-state index contributed by atoms with van der Waals surface area (Å²) in [5, 5.41) is 3.21. The standard InChI is InChI=1S/C16H15N3O4S/c1-21-12-5-3-11(4-6-12)17-16(24)19-18-15(20)10-2-7-13-14(8-10)23-9-22-13/h2-8H,9H2,1H3,(H,18,20)(H2,17,19,24). The van der Waals surface area contributed by atoms with Crippen molar-refractivity contribution in [3.05, 3.63) is 48.0 Å². The molecular formula is C16H15N3O4S. The molecule has 0 fully saturated rings. The van der Waals surface area contributed by atoms with Gasteiger partial charge in [0, 0.05) is 11.3 Å². The smallest absolute Gasteiger partial charge is 0.269 e. The maximum atomic E-state index is 12.1. The lowest BCUT2D eigenvalue weighted by Crippen LogP contribution is -2.43. The van der Waals surface area contributed by atoms with Gasteiger partial charge < -0.3 is 19.5 Å². The maximum absolute atomic E-state index is 12.1. The molecule has 0 aromatic heterocycles. The Balaban J connectivity index is 1.52. The minimum Gasteiger partial charge on any atom is -0.497 e. The Morgan fingerprint density at radius 2 is 1.83 bits per heavy atom. The molecule has 2 aromatic rings. The fraction of sp³-hybridized carbons (Fsp3) is 0.125. The van der Waals surface area contributed by atoms with Crippen molar-refractivity contribution in [2.75, 3.05) is 19.2 Å². The van der Waals surface area contributed by atoms with E-state index in [-0.39, 0.29) is 17.8 Å². The summed E-state index contributed by atoms with van der Waals surface area (Å²) >= 11 is 5.13. The molecule has 7 nitrogen and oxygen atoms in total. The number of anilines is 1. The van der Waals surface area contributed by atoms with E-state index in [1.807, 2.05) is 12.1 Å². The number of carbonyl (C=O) groups is 1. The highest BCUT2D eigenvalue weighted by atomic mass is 32.1. The minimum absolute atomic E-state index is 0.161. The molecular weight excluding hydrogens is 330 g/mol. The number of fused-ring (bicyclic) bond motifs is 1. The van der Waals surface area contributed by atoms with Gasteiger partial charge >= 0.3 is 0 Å². The van der Waals surface area contributed by atoms with Crippen molar-refractivity contribution in [2.24, 2.45) is 0 Å². The summed E-state index contributed by atoms with van der Waals surface area (Å²) in [5.41, 5.74) is 6.36. The highest BCUT2D eigenvalue weighted by molar-refractivity contribution is 7.80. The number of thiocarbonyl (C=S) groups is 1. The van der Waals surface area contributed by atoms with Crippen molar-refractivity contribution in [1.82, 2.24) is 10.9 Å². The van der Waals surface area contributed by atoms with Crippen LogP contribution in [0.15, 0.2) is 42.5 Å². The van der Waals surface area contributed by atoms with Crippen molar-refractivity contribution in [2.45, 2.75) is 0 Å². The van der Waals surface area contributed by atoms with E-state index in [1.54, 1.807) is 37.4 Å². The molecule has 3 N–H and O–H groups in total. The van der Waals surface area contributed by atoms with Gasteiger partial charge in [-0.1, -0.05) is 0 Å². The molecule has 24 heavy (non-hydrogen) atoms. The number of nitrogens with one attached hydrogen (secondary N) is 3. The van der Waals surface area contributed by atoms with Crippen LogP contribution in [-0.2, 0) is 0 Å². The van der Waals surface area contributed by atoms with E-state index in [0.29, 0.717) is 17.1 Å². The Kier molecular flexibility index (Phi) is 4.66. The lowest BCUT2D eigenvalue weighted by Gasteiger charge is -2.12. The van der Waals surface area contributed by atoms with Gasteiger partial charge in [0.1, 0.15) is 5.75 Å². The first-order valence-electron chi connectivity index (χ1n) is 7.07. The predicted molar refractivity (Wildman–Crippen MR) is 92.4 cm³/mol. The van der Waals surface area contributed by atoms with Crippen LogP contribution in [-0.4, -0.2) is 24.9 Å². The second-order valence-electron chi connectivity index (χ2n) is 4.83. The number of carbonyl (C=O) groups excluding carboxylic acids is 1. The molecule has 8 heteroatoms. The topological polar surface area (TPSA) is 80.9 Å². The monoisotopic (exact) mass is 345 g/mol. The van der Waals surface area contributed by atoms with Crippen molar-refractivity contribution in [1.29, 1.82) is 0 Å². The fourth-order valence-corrected chi connectivity index (χ4v) is 2.23. The van der Waals surface area contributed by atoms with Crippen molar-refractivity contribution >= 4 is 28.9 Å². The van der Waals surface area contributed by atoms with Crippen LogP contribution in [0, 0.1) is 0 Å². The van der Waals surface area contributed by atoms with Crippen LogP contribution in [0.1, 0.15) is 10.4 Å². The molecule has 0 saturated heterocycles. The van der Waals surface area contributed by atoms with E-state index >= 15 is 0 Å². The van der Waals surface area contributed by atoms with Gasteiger partial charge in [0.15, 0.2) is 16.6 Å². The second-order valence-corrected chi connectivity index (χ2v) is 5.24. The second kappa shape index (κ2) is 7.05. The Morgan fingerprint density at radius 1 is 1.08 bits per heavy atom. The first kappa shape index (κ1) is 15.9. The first-order valence-corrected chi connectivity index (χ1v) is 7.47. The highest BCUT2D eigenvalue weighted by Crippen LogP contribution is 2.32. The van der Waals surface area contributed by atoms with Crippen LogP contribution in [0.25, 0.3) is 0 Å². The Bertz CT molecular complexity index is 764. The van der Waals surface area contributed by atoms with Gasteiger partial charge in [0.05, 0.1) is 7.11 Å². The van der Waals surface area contributed by atoms with E-state index in [1.165, 1.54) is 0 Å². The van der Waals surface area contributed by atoms with E-state index < -0.39 is 0 Å². The molecule has 1 heterocycles. The van der Waals surface area contributed by atoms with Crippen molar-refractivity contribution < 1.29 is 19.0 Å². The zero-order chi connectivity index (χ0) is 16.9. The average Bonchev–Trinajstić information content (AvgIpc) is 3.08. The van der Waals surface area contributed by atoms with E-state index in [9.17, 15) is 4.79 Å². The quantitative estimate of drug-likeness (QED) is 0.580. The Morgan fingerprint density at radius 3 is 2.58 bits per heavy atom. The molecule has 3 rings (SSSR count). The maximum Gasteiger partial charge on any atom is 0.269 e. The molecule has 0 saturated carbocycles. The molecule has 0 aliphatic carbocycles. The van der Waals surface area contributed by atoms with E-state index in [2.05, 4.69) is 16.2 Å². The van der Waals surface area contributed by atoms with Gasteiger partial charge in [0.2, 0.25) is 6.79 Å². The summed E-state index contributed by atoms with van der Waals surface area (Å²) in [5.74, 6) is 1.57. The van der Waals surface area contributed by atoms with Gasteiger partial charge in [-0.25, -0.2) is 0 Å². The molecule has 124 valence electrons. The summed E-state index contributed by atoms with van der Waals surface area (Å²) < 4.78 is 15.5.